The SMILES string of the molecule is CSC1CCC(NC(CC(F)(F)F)c2ccccc2)CC1. The van der Waals surface area contributed by atoms with Crippen LogP contribution in [0.15, 0.2) is 30.3 Å². The molecule has 1 fully saturated rings. The fourth-order valence-corrected chi connectivity index (χ4v) is 3.68. The molecule has 1 aromatic rings. The second kappa shape index (κ2) is 7.54. The lowest BCUT2D eigenvalue weighted by molar-refractivity contribution is -0.141. The second-order valence-electron chi connectivity index (χ2n) is 5.66. The molecule has 1 aliphatic rings. The van der Waals surface area contributed by atoms with Gasteiger partial charge >= 0.3 is 6.18 Å². The monoisotopic (exact) mass is 317 g/mol. The molecule has 1 nitrogen and oxygen atoms in total. The number of halogens is 3. The van der Waals surface area contributed by atoms with Crippen LogP contribution in [0.1, 0.15) is 43.7 Å². The maximum atomic E-state index is 12.8. The van der Waals surface area contributed by atoms with Crippen molar-refractivity contribution >= 4 is 11.8 Å². The van der Waals surface area contributed by atoms with Gasteiger partial charge in [0.05, 0.1) is 6.42 Å². The smallest absolute Gasteiger partial charge is 0.307 e. The van der Waals surface area contributed by atoms with Crippen molar-refractivity contribution in [3.8, 4) is 0 Å². The fraction of sp³-hybridized carbons (Fsp3) is 0.625. The summed E-state index contributed by atoms with van der Waals surface area (Å²) in [6, 6.07) is 8.53. The van der Waals surface area contributed by atoms with E-state index in [0.29, 0.717) is 5.25 Å². The Morgan fingerprint density at radius 3 is 2.29 bits per heavy atom. The summed E-state index contributed by atoms with van der Waals surface area (Å²) in [7, 11) is 0. The van der Waals surface area contributed by atoms with Crippen LogP contribution < -0.4 is 5.32 Å². The van der Waals surface area contributed by atoms with E-state index in [0.717, 1.165) is 31.2 Å². The molecule has 0 radical (unpaired) electrons. The topological polar surface area (TPSA) is 12.0 Å². The number of nitrogens with one attached hydrogen (secondary N) is 1. The van der Waals surface area contributed by atoms with Crippen LogP contribution in [0.2, 0.25) is 0 Å². The number of hydrogen-bond donors (Lipinski definition) is 1. The van der Waals surface area contributed by atoms with Crippen LogP contribution in [-0.2, 0) is 0 Å². The predicted molar refractivity (Wildman–Crippen MR) is 82.5 cm³/mol. The normalized spacial score (nSPS) is 24.8. The minimum absolute atomic E-state index is 0.195. The van der Waals surface area contributed by atoms with E-state index in [9.17, 15) is 13.2 Å². The van der Waals surface area contributed by atoms with Gasteiger partial charge in [-0.25, -0.2) is 0 Å². The van der Waals surface area contributed by atoms with Crippen molar-refractivity contribution in [3.05, 3.63) is 35.9 Å². The maximum Gasteiger partial charge on any atom is 0.390 e. The predicted octanol–water partition coefficient (Wildman–Crippen LogP) is 4.94. The molecule has 0 amide bonds. The van der Waals surface area contributed by atoms with Gasteiger partial charge in [0.25, 0.3) is 0 Å². The Labute approximate surface area is 128 Å². The molecular weight excluding hydrogens is 295 g/mol. The Morgan fingerprint density at radius 1 is 1.14 bits per heavy atom. The van der Waals surface area contributed by atoms with Crippen LogP contribution in [0.3, 0.4) is 0 Å². The van der Waals surface area contributed by atoms with E-state index < -0.39 is 18.6 Å². The van der Waals surface area contributed by atoms with Crippen molar-refractivity contribution in [2.45, 2.75) is 55.6 Å². The van der Waals surface area contributed by atoms with Crippen LogP contribution in [0.25, 0.3) is 0 Å². The Morgan fingerprint density at radius 2 is 1.76 bits per heavy atom. The third-order valence-electron chi connectivity index (χ3n) is 4.08. The summed E-state index contributed by atoms with van der Waals surface area (Å²) in [6.45, 7) is 0. The summed E-state index contributed by atoms with van der Waals surface area (Å²) < 4.78 is 38.5. The third kappa shape index (κ3) is 5.55. The second-order valence-corrected chi connectivity index (χ2v) is 6.80. The lowest BCUT2D eigenvalue weighted by Crippen LogP contribution is -2.38. The van der Waals surface area contributed by atoms with E-state index in [1.165, 1.54) is 0 Å². The molecule has 118 valence electrons. The molecule has 0 spiro atoms. The van der Waals surface area contributed by atoms with Crippen molar-refractivity contribution < 1.29 is 13.2 Å². The Hall–Kier alpha value is -0.680. The molecule has 2 rings (SSSR count). The molecule has 0 aromatic heterocycles. The van der Waals surface area contributed by atoms with E-state index in [1.807, 2.05) is 17.8 Å². The third-order valence-corrected chi connectivity index (χ3v) is 5.22. The van der Waals surface area contributed by atoms with Gasteiger partial charge in [0.15, 0.2) is 0 Å². The number of alkyl halides is 3. The quantitative estimate of drug-likeness (QED) is 0.825. The summed E-state index contributed by atoms with van der Waals surface area (Å²) >= 11 is 1.87. The molecule has 1 saturated carbocycles. The van der Waals surface area contributed by atoms with Crippen molar-refractivity contribution in [1.29, 1.82) is 0 Å². The highest BCUT2D eigenvalue weighted by Gasteiger charge is 2.34. The standard InChI is InChI=1S/C16H22F3NS/c1-21-14-9-7-13(8-10-14)20-15(11-16(17,18)19)12-5-3-2-4-6-12/h2-6,13-15,20H,7-11H2,1H3. The molecule has 0 heterocycles. The zero-order valence-corrected chi connectivity index (χ0v) is 13.0. The van der Waals surface area contributed by atoms with Gasteiger partial charge in [-0.15, -0.1) is 0 Å². The summed E-state index contributed by atoms with van der Waals surface area (Å²) in [6.07, 6.45) is 1.26. The van der Waals surface area contributed by atoms with Crippen LogP contribution in [0.4, 0.5) is 13.2 Å². The molecule has 1 aromatic carbocycles. The summed E-state index contributed by atoms with van der Waals surface area (Å²) in [5.74, 6) is 0. The van der Waals surface area contributed by atoms with E-state index in [2.05, 4.69) is 11.6 Å². The van der Waals surface area contributed by atoms with Gasteiger partial charge in [0, 0.05) is 17.3 Å². The lowest BCUT2D eigenvalue weighted by atomic mass is 9.93. The van der Waals surface area contributed by atoms with Gasteiger partial charge in [0.1, 0.15) is 0 Å². The van der Waals surface area contributed by atoms with Gasteiger partial charge in [-0.1, -0.05) is 30.3 Å². The van der Waals surface area contributed by atoms with Gasteiger partial charge in [0.2, 0.25) is 0 Å². The molecule has 21 heavy (non-hydrogen) atoms. The lowest BCUT2D eigenvalue weighted by Gasteiger charge is -2.32. The van der Waals surface area contributed by atoms with E-state index >= 15 is 0 Å². The highest BCUT2D eigenvalue weighted by Crippen LogP contribution is 2.32. The number of rotatable bonds is 5. The summed E-state index contributed by atoms with van der Waals surface area (Å²) in [5.41, 5.74) is 0.724. The van der Waals surface area contributed by atoms with Crippen LogP contribution >= 0.6 is 11.8 Å². The Kier molecular flexibility index (Phi) is 5.99. The number of hydrogen-bond acceptors (Lipinski definition) is 2. The maximum absolute atomic E-state index is 12.8. The molecule has 1 atom stereocenters. The zero-order chi connectivity index (χ0) is 15.3. The molecule has 5 heteroatoms. The van der Waals surface area contributed by atoms with Crippen molar-refractivity contribution in [3.63, 3.8) is 0 Å². The number of benzene rings is 1. The summed E-state index contributed by atoms with van der Waals surface area (Å²) in [4.78, 5) is 0. The summed E-state index contributed by atoms with van der Waals surface area (Å²) in [5, 5.41) is 3.91. The first-order valence-electron chi connectivity index (χ1n) is 7.38. The van der Waals surface area contributed by atoms with E-state index in [4.69, 9.17) is 0 Å². The van der Waals surface area contributed by atoms with Crippen molar-refractivity contribution in [1.82, 2.24) is 5.32 Å². The highest BCUT2D eigenvalue weighted by molar-refractivity contribution is 7.99. The highest BCUT2D eigenvalue weighted by atomic mass is 32.2. The fourth-order valence-electron chi connectivity index (χ4n) is 2.94. The average molecular weight is 317 g/mol. The Balaban J connectivity index is 2.00. The molecule has 0 saturated heterocycles. The van der Waals surface area contributed by atoms with Crippen LogP contribution in [0.5, 0.6) is 0 Å². The van der Waals surface area contributed by atoms with Crippen LogP contribution in [-0.4, -0.2) is 23.7 Å². The average Bonchev–Trinajstić information content (AvgIpc) is 2.47. The zero-order valence-electron chi connectivity index (χ0n) is 12.2. The molecule has 0 aliphatic heterocycles. The first-order valence-corrected chi connectivity index (χ1v) is 8.67. The minimum atomic E-state index is -4.15. The first-order chi connectivity index (χ1) is 9.98. The first kappa shape index (κ1) is 16.7. The van der Waals surface area contributed by atoms with Gasteiger partial charge < -0.3 is 5.32 Å². The largest absolute Gasteiger partial charge is 0.390 e. The van der Waals surface area contributed by atoms with Crippen LogP contribution in [0, 0.1) is 0 Å². The molecule has 1 N–H and O–H groups in total. The van der Waals surface area contributed by atoms with Gasteiger partial charge in [-0.05, 0) is 37.5 Å². The van der Waals surface area contributed by atoms with Gasteiger partial charge in [-0.3, -0.25) is 0 Å². The Bertz CT molecular complexity index is 413. The van der Waals surface area contributed by atoms with E-state index in [1.54, 1.807) is 24.3 Å². The van der Waals surface area contributed by atoms with E-state index in [-0.39, 0.29) is 6.04 Å². The van der Waals surface area contributed by atoms with Crippen molar-refractivity contribution in [2.75, 3.05) is 6.26 Å². The van der Waals surface area contributed by atoms with Crippen molar-refractivity contribution in [2.24, 2.45) is 0 Å². The number of thioether (sulfide) groups is 1. The molecule has 1 unspecified atom stereocenters. The van der Waals surface area contributed by atoms with Gasteiger partial charge in [-0.2, -0.15) is 24.9 Å². The molecular formula is C16H22F3NS. The molecule has 0 bridgehead atoms. The molecule has 1 aliphatic carbocycles. The minimum Gasteiger partial charge on any atom is -0.307 e.